The van der Waals surface area contributed by atoms with Gasteiger partial charge in [-0.05, 0) is 30.7 Å². The smallest absolute Gasteiger partial charge is 0.0705 e. The third-order valence-electron chi connectivity index (χ3n) is 1.84. The van der Waals surface area contributed by atoms with Gasteiger partial charge in [0.15, 0.2) is 0 Å². The van der Waals surface area contributed by atoms with Gasteiger partial charge >= 0.3 is 0 Å². The molecule has 2 nitrogen and oxygen atoms in total. The second kappa shape index (κ2) is 6.08. The molecule has 1 rings (SSSR count). The molecule has 1 aromatic rings. The lowest BCUT2D eigenvalue weighted by Crippen LogP contribution is -2.23. The number of nitrogens with two attached hydrogens (primary N) is 1. The van der Waals surface area contributed by atoms with Gasteiger partial charge in [0, 0.05) is 8.95 Å². The third-order valence-corrected chi connectivity index (χ3v) is 3.05. The van der Waals surface area contributed by atoms with E-state index in [1.54, 1.807) is 6.92 Å². The van der Waals surface area contributed by atoms with Crippen LogP contribution in [0.4, 0.5) is 0 Å². The Kier molecular flexibility index (Phi) is 6.25. The second-order valence-corrected chi connectivity index (χ2v) is 4.70. The van der Waals surface area contributed by atoms with E-state index in [4.69, 9.17) is 5.73 Å². The minimum atomic E-state index is -0.550. The van der Waals surface area contributed by atoms with Crippen molar-refractivity contribution in [3.05, 3.63) is 32.7 Å². The van der Waals surface area contributed by atoms with Crippen molar-refractivity contribution >= 4 is 44.3 Å². The van der Waals surface area contributed by atoms with E-state index in [0.717, 1.165) is 14.5 Å². The largest absolute Gasteiger partial charge is 0.391 e. The van der Waals surface area contributed by atoms with Crippen LogP contribution in [0.15, 0.2) is 27.1 Å². The van der Waals surface area contributed by atoms with E-state index in [9.17, 15) is 5.11 Å². The summed E-state index contributed by atoms with van der Waals surface area (Å²) in [5, 5.41) is 9.33. The standard InChI is InChI=1S/C9H11Br2NO.ClH/c1-5(13)9(12)7-4-6(10)2-3-8(7)11;/h2-5,9,13H,12H2,1H3;1H/t5-,9-;/m0./s1. The van der Waals surface area contributed by atoms with Crippen LogP contribution in [-0.2, 0) is 0 Å². The van der Waals surface area contributed by atoms with Crippen LogP contribution in [-0.4, -0.2) is 11.2 Å². The Morgan fingerprint density at radius 2 is 1.93 bits per heavy atom. The molecule has 0 saturated heterocycles. The predicted octanol–water partition coefficient (Wildman–Crippen LogP) is 3.01. The van der Waals surface area contributed by atoms with Gasteiger partial charge in [0.2, 0.25) is 0 Å². The monoisotopic (exact) mass is 343 g/mol. The topological polar surface area (TPSA) is 46.2 Å². The number of rotatable bonds is 2. The molecular formula is C9H12Br2ClNO. The van der Waals surface area contributed by atoms with E-state index in [-0.39, 0.29) is 18.4 Å². The van der Waals surface area contributed by atoms with Gasteiger partial charge in [-0.3, -0.25) is 0 Å². The highest BCUT2D eigenvalue weighted by atomic mass is 79.9. The molecule has 14 heavy (non-hydrogen) atoms. The predicted molar refractivity (Wildman–Crippen MR) is 67.7 cm³/mol. The summed E-state index contributed by atoms with van der Waals surface area (Å²) in [4.78, 5) is 0. The van der Waals surface area contributed by atoms with E-state index < -0.39 is 6.10 Å². The molecule has 0 aliphatic rings. The maximum Gasteiger partial charge on any atom is 0.0705 e. The Hall–Kier alpha value is 0.390. The molecule has 1 aromatic carbocycles. The Balaban J connectivity index is 0.00000169. The van der Waals surface area contributed by atoms with Gasteiger partial charge in [0.05, 0.1) is 12.1 Å². The zero-order valence-electron chi connectivity index (χ0n) is 7.58. The van der Waals surface area contributed by atoms with Crippen LogP contribution < -0.4 is 5.73 Å². The summed E-state index contributed by atoms with van der Waals surface area (Å²) in [5.74, 6) is 0. The lowest BCUT2D eigenvalue weighted by molar-refractivity contribution is 0.164. The highest BCUT2D eigenvalue weighted by Gasteiger charge is 2.14. The summed E-state index contributed by atoms with van der Waals surface area (Å²) in [5.41, 5.74) is 6.71. The molecule has 3 N–H and O–H groups in total. The van der Waals surface area contributed by atoms with Crippen LogP contribution in [0, 0.1) is 0 Å². The number of aliphatic hydroxyl groups excluding tert-OH is 1. The van der Waals surface area contributed by atoms with Gasteiger partial charge in [0.1, 0.15) is 0 Å². The molecule has 0 aliphatic carbocycles. The van der Waals surface area contributed by atoms with Crippen molar-refractivity contribution in [2.45, 2.75) is 19.1 Å². The van der Waals surface area contributed by atoms with Crippen molar-refractivity contribution in [2.24, 2.45) is 5.73 Å². The zero-order valence-corrected chi connectivity index (χ0v) is 11.6. The van der Waals surface area contributed by atoms with Crippen molar-refractivity contribution in [3.63, 3.8) is 0 Å². The molecule has 0 amide bonds. The minimum Gasteiger partial charge on any atom is -0.391 e. The van der Waals surface area contributed by atoms with Crippen LogP contribution in [0.1, 0.15) is 18.5 Å². The Bertz CT molecular complexity index is 307. The zero-order chi connectivity index (χ0) is 10.0. The van der Waals surface area contributed by atoms with Crippen LogP contribution in [0.25, 0.3) is 0 Å². The lowest BCUT2D eigenvalue weighted by Gasteiger charge is -2.16. The van der Waals surface area contributed by atoms with Gasteiger partial charge in [0.25, 0.3) is 0 Å². The summed E-state index contributed by atoms with van der Waals surface area (Å²) in [6, 6.07) is 5.37. The molecule has 0 fully saturated rings. The highest BCUT2D eigenvalue weighted by Crippen LogP contribution is 2.27. The first kappa shape index (κ1) is 14.4. The molecule has 0 aromatic heterocycles. The Labute approximate surface area is 107 Å². The molecule has 0 aliphatic heterocycles. The average molecular weight is 345 g/mol. The SMILES string of the molecule is C[C@H](O)[C@H](N)c1cc(Br)ccc1Br.Cl. The van der Waals surface area contributed by atoms with E-state index >= 15 is 0 Å². The van der Waals surface area contributed by atoms with Crippen molar-refractivity contribution < 1.29 is 5.11 Å². The molecule has 0 heterocycles. The normalized spacial score (nSPS) is 14.4. The van der Waals surface area contributed by atoms with E-state index in [1.807, 2.05) is 18.2 Å². The Morgan fingerprint density at radius 1 is 1.36 bits per heavy atom. The summed E-state index contributed by atoms with van der Waals surface area (Å²) < 4.78 is 1.88. The molecule has 5 heteroatoms. The van der Waals surface area contributed by atoms with E-state index in [1.165, 1.54) is 0 Å². The van der Waals surface area contributed by atoms with Crippen LogP contribution in [0.5, 0.6) is 0 Å². The second-order valence-electron chi connectivity index (χ2n) is 2.93. The van der Waals surface area contributed by atoms with Crippen molar-refractivity contribution in [3.8, 4) is 0 Å². The summed E-state index contributed by atoms with van der Waals surface area (Å²) in [7, 11) is 0. The van der Waals surface area contributed by atoms with Gasteiger partial charge in [-0.1, -0.05) is 31.9 Å². The van der Waals surface area contributed by atoms with Crippen molar-refractivity contribution in [2.75, 3.05) is 0 Å². The van der Waals surface area contributed by atoms with Gasteiger partial charge in [-0.15, -0.1) is 12.4 Å². The maximum absolute atomic E-state index is 9.33. The number of hydrogen-bond acceptors (Lipinski definition) is 2. The van der Waals surface area contributed by atoms with Crippen molar-refractivity contribution in [1.29, 1.82) is 0 Å². The van der Waals surface area contributed by atoms with Crippen molar-refractivity contribution in [1.82, 2.24) is 0 Å². The Morgan fingerprint density at radius 3 is 2.43 bits per heavy atom. The first-order chi connectivity index (χ1) is 6.02. The van der Waals surface area contributed by atoms with Crippen LogP contribution >= 0.6 is 44.3 Å². The molecule has 0 bridgehead atoms. The van der Waals surface area contributed by atoms with Crippen LogP contribution in [0.2, 0.25) is 0 Å². The lowest BCUT2D eigenvalue weighted by atomic mass is 10.0. The number of aliphatic hydroxyl groups is 1. The van der Waals surface area contributed by atoms with E-state index in [0.29, 0.717) is 0 Å². The fourth-order valence-electron chi connectivity index (χ4n) is 1.03. The van der Waals surface area contributed by atoms with Gasteiger partial charge < -0.3 is 10.8 Å². The first-order valence-corrected chi connectivity index (χ1v) is 5.49. The summed E-state index contributed by atoms with van der Waals surface area (Å²) >= 11 is 6.74. The van der Waals surface area contributed by atoms with Crippen LogP contribution in [0.3, 0.4) is 0 Å². The average Bonchev–Trinajstić information content (AvgIpc) is 2.08. The maximum atomic E-state index is 9.33. The number of hydrogen-bond donors (Lipinski definition) is 2. The third kappa shape index (κ3) is 3.51. The summed E-state index contributed by atoms with van der Waals surface area (Å²) in [6.07, 6.45) is -0.550. The van der Waals surface area contributed by atoms with E-state index in [2.05, 4.69) is 31.9 Å². The van der Waals surface area contributed by atoms with Gasteiger partial charge in [-0.25, -0.2) is 0 Å². The molecule has 0 unspecified atom stereocenters. The molecule has 0 saturated carbocycles. The molecule has 0 spiro atoms. The first-order valence-electron chi connectivity index (χ1n) is 3.91. The molecule has 2 atom stereocenters. The van der Waals surface area contributed by atoms with Gasteiger partial charge in [-0.2, -0.15) is 0 Å². The summed E-state index contributed by atoms with van der Waals surface area (Å²) in [6.45, 7) is 1.68. The number of halogens is 3. The minimum absolute atomic E-state index is 0. The number of benzene rings is 1. The fourth-order valence-corrected chi connectivity index (χ4v) is 1.92. The molecular weight excluding hydrogens is 333 g/mol. The molecule has 0 radical (unpaired) electrons. The molecule has 80 valence electrons. The quantitative estimate of drug-likeness (QED) is 0.865. The fraction of sp³-hybridized carbons (Fsp3) is 0.333. The highest BCUT2D eigenvalue weighted by molar-refractivity contribution is 9.11.